The maximum Gasteiger partial charge on any atom is 0.328 e. The van der Waals surface area contributed by atoms with Crippen molar-refractivity contribution in [2.24, 2.45) is 5.73 Å². The van der Waals surface area contributed by atoms with E-state index in [1.165, 1.54) is 12.2 Å². The minimum Gasteiger partial charge on any atom is -0.478 e. The lowest BCUT2D eigenvalue weighted by molar-refractivity contribution is -0.131. The molecule has 0 aromatic heterocycles. The first-order chi connectivity index (χ1) is 7.59. The van der Waals surface area contributed by atoms with E-state index in [2.05, 4.69) is 0 Å². The predicted molar refractivity (Wildman–Crippen MR) is 60.4 cm³/mol. The molecule has 0 aliphatic rings. The summed E-state index contributed by atoms with van der Waals surface area (Å²) in [6.07, 6.45) is 3.58. The number of primary amides is 1. The molecule has 1 amide bonds. The number of rotatable bonds is 4. The fourth-order valence-electron chi connectivity index (χ4n) is 1.09. The number of carboxylic acids is 1. The highest BCUT2D eigenvalue weighted by molar-refractivity contribution is 6.00. The molecular weight excluding hydrogens is 206 g/mol. The summed E-state index contributed by atoms with van der Waals surface area (Å²) < 4.78 is 0. The van der Waals surface area contributed by atoms with Crippen LogP contribution in [0.2, 0.25) is 0 Å². The maximum absolute atomic E-state index is 11.0. The predicted octanol–water partition coefficient (Wildman–Crippen LogP) is 1.20. The Labute approximate surface area is 92.7 Å². The average Bonchev–Trinajstić information content (AvgIpc) is 2.25. The lowest BCUT2D eigenvalue weighted by atomic mass is 10.1. The topological polar surface area (TPSA) is 80.4 Å². The molecule has 0 heterocycles. The van der Waals surface area contributed by atoms with Crippen LogP contribution >= 0.6 is 0 Å². The van der Waals surface area contributed by atoms with Gasteiger partial charge in [0.25, 0.3) is 0 Å². The molecule has 0 saturated carbocycles. The van der Waals surface area contributed by atoms with Gasteiger partial charge in [-0.15, -0.1) is 0 Å². The summed E-state index contributed by atoms with van der Waals surface area (Å²) in [5.74, 6) is -1.79. The van der Waals surface area contributed by atoms with Gasteiger partial charge in [-0.05, 0) is 17.7 Å². The molecule has 82 valence electrons. The maximum atomic E-state index is 11.0. The van der Waals surface area contributed by atoms with Crippen molar-refractivity contribution < 1.29 is 14.7 Å². The van der Waals surface area contributed by atoms with Crippen LogP contribution in [0, 0.1) is 0 Å². The number of carboxylic acid groups (broad SMARTS) is 1. The molecule has 0 radical (unpaired) electrons. The van der Waals surface area contributed by atoms with Crippen LogP contribution in [-0.2, 0) is 9.59 Å². The summed E-state index contributed by atoms with van der Waals surface area (Å²) in [4.78, 5) is 21.3. The van der Waals surface area contributed by atoms with Crippen molar-refractivity contribution in [1.29, 1.82) is 0 Å². The van der Waals surface area contributed by atoms with Gasteiger partial charge in [0.15, 0.2) is 0 Å². The summed E-state index contributed by atoms with van der Waals surface area (Å²) in [6.45, 7) is 0. The van der Waals surface area contributed by atoms with Crippen molar-refractivity contribution in [3.8, 4) is 0 Å². The quantitative estimate of drug-likeness (QED) is 0.587. The Kier molecular flexibility index (Phi) is 4.03. The second-order valence-electron chi connectivity index (χ2n) is 3.05. The standard InChI is InChI=1S/C12H11NO3/c13-12(16)10(6-7-11(14)15)8-9-4-2-1-3-5-9/h1-8H,(H2,13,16)(H,14,15)/b7-6+,10-8+. The first kappa shape index (κ1) is 11.7. The molecule has 0 saturated heterocycles. The number of carbonyl (C=O) groups is 2. The van der Waals surface area contributed by atoms with Gasteiger partial charge in [0, 0.05) is 11.6 Å². The van der Waals surface area contributed by atoms with Gasteiger partial charge < -0.3 is 10.8 Å². The van der Waals surface area contributed by atoms with E-state index in [1.54, 1.807) is 12.1 Å². The lowest BCUT2D eigenvalue weighted by Crippen LogP contribution is -2.12. The second-order valence-corrected chi connectivity index (χ2v) is 3.05. The average molecular weight is 217 g/mol. The monoisotopic (exact) mass is 217 g/mol. The number of benzene rings is 1. The third-order valence-corrected chi connectivity index (χ3v) is 1.81. The molecule has 1 aromatic carbocycles. The van der Waals surface area contributed by atoms with Gasteiger partial charge in [-0.25, -0.2) is 4.79 Å². The van der Waals surface area contributed by atoms with Crippen LogP contribution in [0.25, 0.3) is 6.08 Å². The number of hydrogen-bond acceptors (Lipinski definition) is 2. The summed E-state index contributed by atoms with van der Waals surface area (Å²) in [5, 5.41) is 8.44. The molecule has 0 fully saturated rings. The van der Waals surface area contributed by atoms with Crippen LogP contribution in [0.3, 0.4) is 0 Å². The molecule has 0 unspecified atom stereocenters. The lowest BCUT2D eigenvalue weighted by Gasteiger charge is -1.96. The van der Waals surface area contributed by atoms with Gasteiger partial charge in [0.2, 0.25) is 5.91 Å². The van der Waals surface area contributed by atoms with E-state index in [-0.39, 0.29) is 5.57 Å². The molecule has 0 aliphatic carbocycles. The van der Waals surface area contributed by atoms with Crippen molar-refractivity contribution in [3.05, 3.63) is 53.6 Å². The molecule has 0 spiro atoms. The van der Waals surface area contributed by atoms with Crippen molar-refractivity contribution >= 4 is 18.0 Å². The van der Waals surface area contributed by atoms with Crippen LogP contribution in [0.1, 0.15) is 5.56 Å². The van der Waals surface area contributed by atoms with Crippen molar-refractivity contribution in [2.75, 3.05) is 0 Å². The van der Waals surface area contributed by atoms with E-state index in [4.69, 9.17) is 10.8 Å². The van der Waals surface area contributed by atoms with Gasteiger partial charge in [0.1, 0.15) is 0 Å². The summed E-state index contributed by atoms with van der Waals surface area (Å²) in [7, 11) is 0. The summed E-state index contributed by atoms with van der Waals surface area (Å²) >= 11 is 0. The molecule has 4 nitrogen and oxygen atoms in total. The van der Waals surface area contributed by atoms with Gasteiger partial charge in [-0.1, -0.05) is 30.3 Å². The smallest absolute Gasteiger partial charge is 0.328 e. The number of carbonyl (C=O) groups excluding carboxylic acids is 1. The zero-order valence-corrected chi connectivity index (χ0v) is 8.46. The first-order valence-corrected chi connectivity index (χ1v) is 4.57. The Morgan fingerprint density at radius 3 is 2.25 bits per heavy atom. The number of hydrogen-bond donors (Lipinski definition) is 2. The third-order valence-electron chi connectivity index (χ3n) is 1.81. The zero-order chi connectivity index (χ0) is 12.0. The minimum atomic E-state index is -1.12. The molecule has 1 rings (SSSR count). The summed E-state index contributed by atoms with van der Waals surface area (Å²) in [5.41, 5.74) is 6.05. The zero-order valence-electron chi connectivity index (χ0n) is 8.46. The van der Waals surface area contributed by atoms with Crippen molar-refractivity contribution in [3.63, 3.8) is 0 Å². The summed E-state index contributed by atoms with van der Waals surface area (Å²) in [6, 6.07) is 9.04. The largest absolute Gasteiger partial charge is 0.478 e. The molecule has 4 heteroatoms. The van der Waals surface area contributed by atoms with Crippen molar-refractivity contribution in [1.82, 2.24) is 0 Å². The van der Waals surface area contributed by atoms with E-state index >= 15 is 0 Å². The van der Waals surface area contributed by atoms with Gasteiger partial charge in [-0.2, -0.15) is 0 Å². The van der Waals surface area contributed by atoms with E-state index in [0.29, 0.717) is 0 Å². The van der Waals surface area contributed by atoms with Gasteiger partial charge in [0.05, 0.1) is 0 Å². The first-order valence-electron chi connectivity index (χ1n) is 4.57. The fraction of sp³-hybridized carbons (Fsp3) is 0. The van der Waals surface area contributed by atoms with Crippen LogP contribution in [0.5, 0.6) is 0 Å². The highest BCUT2D eigenvalue weighted by Gasteiger charge is 2.01. The van der Waals surface area contributed by atoms with Gasteiger partial charge in [-0.3, -0.25) is 4.79 Å². The highest BCUT2D eigenvalue weighted by atomic mass is 16.4. The Morgan fingerprint density at radius 2 is 1.75 bits per heavy atom. The Balaban J connectivity index is 2.99. The highest BCUT2D eigenvalue weighted by Crippen LogP contribution is 2.07. The SMILES string of the molecule is NC(=O)C(/C=C/C(=O)O)=C/c1ccccc1. The Bertz CT molecular complexity index is 447. The molecule has 1 aromatic rings. The molecule has 0 bridgehead atoms. The van der Waals surface area contributed by atoms with E-state index in [9.17, 15) is 9.59 Å². The Hall–Kier alpha value is -2.36. The third kappa shape index (κ3) is 3.79. The Morgan fingerprint density at radius 1 is 1.12 bits per heavy atom. The van der Waals surface area contributed by atoms with Gasteiger partial charge >= 0.3 is 5.97 Å². The van der Waals surface area contributed by atoms with Crippen LogP contribution in [0.4, 0.5) is 0 Å². The van der Waals surface area contributed by atoms with E-state index in [1.807, 2.05) is 18.2 Å². The molecule has 0 atom stereocenters. The second kappa shape index (κ2) is 5.50. The number of aliphatic carboxylic acids is 1. The molecule has 3 N–H and O–H groups in total. The van der Waals surface area contributed by atoms with E-state index in [0.717, 1.165) is 11.6 Å². The number of amides is 1. The van der Waals surface area contributed by atoms with Crippen LogP contribution in [-0.4, -0.2) is 17.0 Å². The molecule has 16 heavy (non-hydrogen) atoms. The fourth-order valence-corrected chi connectivity index (χ4v) is 1.09. The van der Waals surface area contributed by atoms with Crippen molar-refractivity contribution in [2.45, 2.75) is 0 Å². The number of nitrogens with two attached hydrogens (primary N) is 1. The molecular formula is C12H11NO3. The van der Waals surface area contributed by atoms with E-state index < -0.39 is 11.9 Å². The minimum absolute atomic E-state index is 0.147. The normalized spacial score (nSPS) is 11.6. The van der Waals surface area contributed by atoms with Crippen LogP contribution < -0.4 is 5.73 Å². The van der Waals surface area contributed by atoms with Crippen LogP contribution in [0.15, 0.2) is 48.1 Å². The molecule has 0 aliphatic heterocycles.